The van der Waals surface area contributed by atoms with Crippen molar-refractivity contribution < 1.29 is 19.1 Å². The normalized spacial score (nSPS) is 13.1. The molecule has 4 heterocycles. The van der Waals surface area contributed by atoms with Crippen LogP contribution in [0.3, 0.4) is 0 Å². The molecule has 0 unspecified atom stereocenters. The van der Waals surface area contributed by atoms with Gasteiger partial charge in [0, 0.05) is 45.8 Å². The number of para-hydroxylation sites is 2. The minimum atomic E-state index is -0.598. The number of hydrogen-bond acceptors (Lipinski definition) is 6. The second-order valence-corrected chi connectivity index (χ2v) is 14.7. The van der Waals surface area contributed by atoms with Gasteiger partial charge in [0.2, 0.25) is 17.1 Å². The highest BCUT2D eigenvalue weighted by atomic mass is 16.5. The van der Waals surface area contributed by atoms with Crippen LogP contribution in [-0.2, 0) is 40.3 Å². The smallest absolute Gasteiger partial charge is 0.298 e. The van der Waals surface area contributed by atoms with Gasteiger partial charge in [0.1, 0.15) is 22.7 Å². The van der Waals surface area contributed by atoms with E-state index in [1.165, 1.54) is 0 Å². The molecular weight excluding hydrogens is 711 g/mol. The third-order valence-corrected chi connectivity index (χ3v) is 9.92. The van der Waals surface area contributed by atoms with Gasteiger partial charge in [-0.05, 0) is 83.9 Å². The van der Waals surface area contributed by atoms with Crippen LogP contribution in [-0.4, -0.2) is 62.2 Å². The van der Waals surface area contributed by atoms with Crippen molar-refractivity contribution in [3.05, 3.63) is 99.3 Å². The number of hydrogen-bond donors (Lipinski definition) is 1. The molecule has 15 heteroatoms. The maximum Gasteiger partial charge on any atom is 0.298 e. The molecule has 6 aromatic rings. The van der Waals surface area contributed by atoms with E-state index in [0.29, 0.717) is 77.9 Å². The van der Waals surface area contributed by atoms with Crippen molar-refractivity contribution in [2.45, 2.75) is 81.6 Å². The van der Waals surface area contributed by atoms with E-state index in [2.05, 4.69) is 15.2 Å². The van der Waals surface area contributed by atoms with E-state index in [4.69, 9.17) is 15.5 Å². The fraction of sp³-hybridized carbons (Fsp3) is 0.390. The van der Waals surface area contributed by atoms with Crippen molar-refractivity contribution in [3.8, 4) is 5.75 Å². The van der Waals surface area contributed by atoms with E-state index in [0.717, 1.165) is 27.9 Å². The van der Waals surface area contributed by atoms with Crippen LogP contribution in [0, 0.1) is 19.8 Å². The zero-order valence-electron chi connectivity index (χ0n) is 33.9. The first kappa shape index (κ1) is 39.4. The molecule has 0 saturated heterocycles. The number of ether oxygens (including phenoxy) is 1. The molecule has 2 aromatic carbocycles. The lowest BCUT2D eigenvalue weighted by Gasteiger charge is -2.15. The van der Waals surface area contributed by atoms with Crippen molar-refractivity contribution in [2.24, 2.45) is 35.7 Å². The van der Waals surface area contributed by atoms with Crippen molar-refractivity contribution in [2.75, 3.05) is 6.61 Å². The summed E-state index contributed by atoms with van der Waals surface area (Å²) in [5, 5.41) is 8.91. The highest BCUT2D eigenvalue weighted by Crippen LogP contribution is 2.29. The Hall–Kier alpha value is -6.25. The topological polar surface area (TPSA) is 167 Å². The van der Waals surface area contributed by atoms with Crippen LogP contribution >= 0.6 is 0 Å². The summed E-state index contributed by atoms with van der Waals surface area (Å²) in [6.45, 7) is 17.9. The van der Waals surface area contributed by atoms with Gasteiger partial charge in [-0.15, -0.1) is 0 Å². The summed E-state index contributed by atoms with van der Waals surface area (Å²) < 4.78 is 17.4. The third-order valence-electron chi connectivity index (χ3n) is 9.92. The summed E-state index contributed by atoms with van der Waals surface area (Å²) in [5.74, 6) is -0.774. The summed E-state index contributed by atoms with van der Waals surface area (Å²) in [4.78, 5) is 49.5. The molecule has 4 aromatic heterocycles. The van der Waals surface area contributed by atoms with Gasteiger partial charge >= 0.3 is 0 Å². The fourth-order valence-corrected chi connectivity index (χ4v) is 6.92. The molecule has 0 aliphatic carbocycles. The Balaban J connectivity index is 1.53. The first-order valence-corrected chi connectivity index (χ1v) is 18.9. The molecule has 0 aliphatic rings. The molecule has 294 valence electrons. The zero-order valence-corrected chi connectivity index (χ0v) is 33.9. The first-order valence-electron chi connectivity index (χ1n) is 18.9. The Morgan fingerprint density at radius 1 is 0.750 bits per heavy atom. The van der Waals surface area contributed by atoms with Gasteiger partial charge in [0.25, 0.3) is 11.8 Å². The van der Waals surface area contributed by atoms with Crippen LogP contribution in [0.1, 0.15) is 84.3 Å². The van der Waals surface area contributed by atoms with Gasteiger partial charge in [0.05, 0.1) is 34.5 Å². The molecular formula is C41H51N11O4. The van der Waals surface area contributed by atoms with Crippen LogP contribution < -0.4 is 21.7 Å². The first-order chi connectivity index (χ1) is 26.6. The summed E-state index contributed by atoms with van der Waals surface area (Å²) in [6, 6.07) is 14.8. The number of primary amides is 1. The molecule has 3 amide bonds. The highest BCUT2D eigenvalue weighted by molar-refractivity contribution is 5.99. The Bertz CT molecular complexity index is 2690. The van der Waals surface area contributed by atoms with Crippen LogP contribution in [0.4, 0.5) is 0 Å². The summed E-state index contributed by atoms with van der Waals surface area (Å²) in [7, 11) is 3.71. The molecule has 15 nitrogen and oxygen atoms in total. The second-order valence-electron chi connectivity index (χ2n) is 14.7. The molecule has 0 fully saturated rings. The average Bonchev–Trinajstić information content (AvgIpc) is 3.89. The molecule has 2 N–H and O–H groups in total. The summed E-state index contributed by atoms with van der Waals surface area (Å²) in [5.41, 5.74) is 14.3. The number of nitrogens with two attached hydrogens (primary N) is 1. The van der Waals surface area contributed by atoms with Crippen LogP contribution in [0.2, 0.25) is 0 Å². The van der Waals surface area contributed by atoms with Gasteiger partial charge in [-0.3, -0.25) is 23.7 Å². The average molecular weight is 762 g/mol. The Morgan fingerprint density at radius 2 is 1.25 bits per heavy atom. The number of aryl methyl sites for hydroxylation is 6. The highest BCUT2D eigenvalue weighted by Gasteiger charge is 2.22. The molecule has 56 heavy (non-hydrogen) atoms. The number of rotatable bonds is 12. The molecule has 0 saturated carbocycles. The lowest BCUT2D eigenvalue weighted by Crippen LogP contribution is -2.28. The Morgan fingerprint density at radius 3 is 1.77 bits per heavy atom. The number of amides is 3. The predicted octanol–water partition coefficient (Wildman–Crippen LogP) is 4.98. The van der Waals surface area contributed by atoms with E-state index in [1.807, 2.05) is 100 Å². The van der Waals surface area contributed by atoms with E-state index in [1.54, 1.807) is 45.2 Å². The largest absolute Gasteiger partial charge is 0.491 e. The van der Waals surface area contributed by atoms with E-state index >= 15 is 0 Å². The third kappa shape index (κ3) is 7.53. The summed E-state index contributed by atoms with van der Waals surface area (Å²) >= 11 is 0. The number of aromatic nitrogens is 8. The number of allylic oxidation sites excluding steroid dienone is 2. The monoisotopic (exact) mass is 761 g/mol. The second kappa shape index (κ2) is 15.8. The predicted molar refractivity (Wildman–Crippen MR) is 214 cm³/mol. The fourth-order valence-electron chi connectivity index (χ4n) is 6.92. The molecule has 0 spiro atoms. The minimum Gasteiger partial charge on any atom is -0.491 e. The maximum atomic E-state index is 13.9. The van der Waals surface area contributed by atoms with Gasteiger partial charge < -0.3 is 28.7 Å². The number of imidazole rings is 2. The number of fused-ring (bicyclic) bond motifs is 2. The standard InChI is InChI=1S/C41H51N11O4/c1-11-51-33(17-27(7)45-51)38(54)43-40-47(9)30-15-13-14-16-31(30)49(40)21-25(5)26(6)22-50-36-32(19-29(37(42)53)20-35(36)56-23-24(3)4)48(10)41(50)44-39(55)34-18-28(8)46-52(34)12-2/h13-20,24H,11-12,21-23H2,1-10H3,(H2,42,53)/b26-25+,43-40?,44-41?. The number of carbonyl (C=O) groups is 3. The van der Waals surface area contributed by atoms with Gasteiger partial charge in [0.15, 0.2) is 0 Å². The molecule has 0 atom stereocenters. The Kier molecular flexibility index (Phi) is 11.2. The number of benzene rings is 2. The van der Waals surface area contributed by atoms with Crippen molar-refractivity contribution in [3.63, 3.8) is 0 Å². The molecule has 0 bridgehead atoms. The summed E-state index contributed by atoms with van der Waals surface area (Å²) in [6.07, 6.45) is 0. The van der Waals surface area contributed by atoms with Crippen LogP contribution in [0.5, 0.6) is 5.75 Å². The number of nitrogens with zero attached hydrogens (tertiary/aromatic N) is 10. The van der Waals surface area contributed by atoms with Gasteiger partial charge in [-0.2, -0.15) is 20.2 Å². The minimum absolute atomic E-state index is 0.197. The van der Waals surface area contributed by atoms with Crippen LogP contribution in [0.25, 0.3) is 22.1 Å². The van der Waals surface area contributed by atoms with E-state index < -0.39 is 11.8 Å². The van der Waals surface area contributed by atoms with Crippen molar-refractivity contribution >= 4 is 39.8 Å². The lowest BCUT2D eigenvalue weighted by atomic mass is 10.1. The maximum absolute atomic E-state index is 13.9. The van der Waals surface area contributed by atoms with Crippen molar-refractivity contribution in [1.82, 2.24) is 37.8 Å². The van der Waals surface area contributed by atoms with Gasteiger partial charge in [-0.25, -0.2) is 0 Å². The SMILES string of the molecule is CCn1nc(C)cc1C(=O)N=c1n(C)c2ccccc2n1C/C(C)=C(\C)Cn1c(=NC(=O)c2cc(C)nn2CC)n(C)c2cc(C(N)=O)cc(OCC(C)C)c21. The Labute approximate surface area is 325 Å². The lowest BCUT2D eigenvalue weighted by molar-refractivity contribution is 0.0977. The zero-order chi connectivity index (χ0) is 40.6. The van der Waals surface area contributed by atoms with Gasteiger partial charge in [-0.1, -0.05) is 37.1 Å². The quantitative estimate of drug-likeness (QED) is 0.173. The molecule has 6 rings (SSSR count). The van der Waals surface area contributed by atoms with E-state index in [9.17, 15) is 14.4 Å². The molecule has 0 aliphatic heterocycles. The van der Waals surface area contributed by atoms with Crippen LogP contribution in [0.15, 0.2) is 69.7 Å². The number of carbonyl (C=O) groups excluding carboxylic acids is 3. The molecule has 0 radical (unpaired) electrons. The van der Waals surface area contributed by atoms with Crippen molar-refractivity contribution in [1.29, 1.82) is 0 Å². The van der Waals surface area contributed by atoms with E-state index in [-0.39, 0.29) is 17.4 Å².